The average molecular weight is 471 g/mol. The average Bonchev–Trinajstić information content (AvgIpc) is 3.48. The summed E-state index contributed by atoms with van der Waals surface area (Å²) in [5.41, 5.74) is 6.73. The molecule has 2 amide bonds. The second kappa shape index (κ2) is 9.09. The molecular weight excluding hydrogens is 448 g/mol. The Balaban J connectivity index is 1.51. The fourth-order valence-corrected chi connectivity index (χ4v) is 5.58. The van der Waals surface area contributed by atoms with E-state index in [0.717, 1.165) is 15.4 Å². The van der Waals surface area contributed by atoms with Gasteiger partial charge < -0.3 is 20.5 Å². The summed E-state index contributed by atoms with van der Waals surface area (Å²) in [7, 11) is -3.95. The number of ether oxygens (including phenoxy) is 2. The van der Waals surface area contributed by atoms with Crippen molar-refractivity contribution in [1.82, 2.24) is 9.62 Å². The molecule has 4 rings (SSSR count). The number of nitrogens with zero attached hydrogens (tertiary/aromatic N) is 2. The molecule has 33 heavy (non-hydrogen) atoms. The van der Waals surface area contributed by atoms with Crippen molar-refractivity contribution in [3.8, 4) is 28.7 Å². The predicted octanol–water partition coefficient (Wildman–Crippen LogP) is 1.12. The van der Waals surface area contributed by atoms with E-state index >= 15 is 0 Å². The van der Waals surface area contributed by atoms with Crippen molar-refractivity contribution in [1.29, 1.82) is 5.26 Å². The monoisotopic (exact) mass is 470 g/mol. The lowest BCUT2D eigenvalue weighted by molar-refractivity contribution is -0.125. The van der Waals surface area contributed by atoms with Crippen LogP contribution in [0.1, 0.15) is 19.3 Å². The lowest BCUT2D eigenvalue weighted by atomic mass is 10.1. The van der Waals surface area contributed by atoms with Gasteiger partial charge in [-0.1, -0.05) is 18.2 Å². The normalized spacial score (nSPS) is 18.5. The van der Waals surface area contributed by atoms with Crippen molar-refractivity contribution in [2.45, 2.75) is 36.2 Å². The highest BCUT2D eigenvalue weighted by molar-refractivity contribution is 7.89. The van der Waals surface area contributed by atoms with E-state index in [9.17, 15) is 18.0 Å². The van der Waals surface area contributed by atoms with Crippen LogP contribution in [-0.4, -0.2) is 50.0 Å². The van der Waals surface area contributed by atoms with Gasteiger partial charge in [-0.15, -0.1) is 0 Å². The summed E-state index contributed by atoms with van der Waals surface area (Å²) >= 11 is 0. The first-order valence-corrected chi connectivity index (χ1v) is 11.7. The van der Waals surface area contributed by atoms with Crippen molar-refractivity contribution in [2.24, 2.45) is 5.73 Å². The van der Waals surface area contributed by atoms with Crippen LogP contribution in [0.5, 0.6) is 11.5 Å². The molecule has 2 aromatic carbocycles. The van der Waals surface area contributed by atoms with E-state index in [-0.39, 0.29) is 24.7 Å². The minimum atomic E-state index is -3.95. The van der Waals surface area contributed by atoms with Crippen molar-refractivity contribution in [3.63, 3.8) is 0 Å². The minimum Gasteiger partial charge on any atom is -0.454 e. The van der Waals surface area contributed by atoms with Crippen LogP contribution in [-0.2, 0) is 19.6 Å². The van der Waals surface area contributed by atoms with Gasteiger partial charge in [0.2, 0.25) is 28.6 Å². The smallest absolute Gasteiger partial charge is 0.243 e. The highest BCUT2D eigenvalue weighted by Crippen LogP contribution is 2.36. The highest BCUT2D eigenvalue weighted by atomic mass is 32.2. The molecule has 0 bridgehead atoms. The van der Waals surface area contributed by atoms with Gasteiger partial charge in [-0.25, -0.2) is 8.42 Å². The Morgan fingerprint density at radius 3 is 2.55 bits per heavy atom. The number of rotatable bonds is 7. The van der Waals surface area contributed by atoms with E-state index in [0.29, 0.717) is 24.3 Å². The Morgan fingerprint density at radius 1 is 1.15 bits per heavy atom. The summed E-state index contributed by atoms with van der Waals surface area (Å²) in [4.78, 5) is 23.8. The van der Waals surface area contributed by atoms with Crippen LogP contribution in [0.15, 0.2) is 47.4 Å². The Kier molecular flexibility index (Phi) is 6.22. The van der Waals surface area contributed by atoms with Crippen LogP contribution in [0.2, 0.25) is 0 Å². The molecule has 1 fully saturated rings. The van der Waals surface area contributed by atoms with Gasteiger partial charge in [-0.2, -0.15) is 9.57 Å². The zero-order valence-electron chi connectivity index (χ0n) is 17.6. The molecule has 1 saturated heterocycles. The Morgan fingerprint density at radius 2 is 1.85 bits per heavy atom. The van der Waals surface area contributed by atoms with Crippen molar-refractivity contribution in [2.75, 3.05) is 13.3 Å². The van der Waals surface area contributed by atoms with Crippen LogP contribution >= 0.6 is 0 Å². The maximum Gasteiger partial charge on any atom is 0.243 e. The lowest BCUT2D eigenvalue weighted by Crippen LogP contribution is -2.49. The number of carbonyl (C=O) groups is 2. The summed E-state index contributed by atoms with van der Waals surface area (Å²) in [5.74, 6) is -0.0750. The van der Waals surface area contributed by atoms with E-state index in [1.54, 1.807) is 24.3 Å². The molecule has 2 atom stereocenters. The molecule has 0 spiro atoms. The number of nitrogens with one attached hydrogen (secondary N) is 1. The maximum atomic E-state index is 13.3. The summed E-state index contributed by atoms with van der Waals surface area (Å²) in [6.07, 6.45) is 0.470. The second-order valence-electron chi connectivity index (χ2n) is 7.73. The number of primary amides is 1. The van der Waals surface area contributed by atoms with Crippen molar-refractivity contribution >= 4 is 21.8 Å². The summed E-state index contributed by atoms with van der Waals surface area (Å²) < 4.78 is 38.3. The van der Waals surface area contributed by atoms with Crippen LogP contribution in [0, 0.1) is 11.3 Å². The van der Waals surface area contributed by atoms with E-state index in [4.69, 9.17) is 20.5 Å². The molecule has 2 aliphatic heterocycles. The molecule has 0 unspecified atom stereocenters. The molecule has 2 aromatic rings. The first-order chi connectivity index (χ1) is 15.8. The largest absolute Gasteiger partial charge is 0.454 e. The molecule has 0 radical (unpaired) electrons. The molecule has 0 aromatic heterocycles. The second-order valence-corrected chi connectivity index (χ2v) is 9.62. The number of sulfonamides is 1. The fourth-order valence-electron chi connectivity index (χ4n) is 3.92. The number of nitrogens with two attached hydrogens (primary N) is 1. The first-order valence-electron chi connectivity index (χ1n) is 10.3. The Labute approximate surface area is 190 Å². The van der Waals surface area contributed by atoms with Gasteiger partial charge in [0.25, 0.3) is 0 Å². The zero-order chi connectivity index (χ0) is 23.6. The summed E-state index contributed by atoms with van der Waals surface area (Å²) in [6, 6.07) is 11.6. The van der Waals surface area contributed by atoms with Gasteiger partial charge in [-0.3, -0.25) is 9.59 Å². The van der Waals surface area contributed by atoms with Gasteiger partial charge in [0, 0.05) is 6.54 Å². The van der Waals surface area contributed by atoms with Gasteiger partial charge in [0.05, 0.1) is 17.4 Å². The summed E-state index contributed by atoms with van der Waals surface area (Å²) in [6.45, 7) is 0.343. The quantitative estimate of drug-likeness (QED) is 0.615. The highest BCUT2D eigenvalue weighted by Gasteiger charge is 2.40. The molecule has 3 N–H and O–H groups in total. The molecule has 172 valence electrons. The van der Waals surface area contributed by atoms with Gasteiger partial charge >= 0.3 is 0 Å². The van der Waals surface area contributed by atoms with Crippen LogP contribution < -0.4 is 20.5 Å². The molecule has 11 heteroatoms. The zero-order valence-corrected chi connectivity index (χ0v) is 18.4. The van der Waals surface area contributed by atoms with Crippen LogP contribution in [0.3, 0.4) is 0 Å². The standard InChI is InChI=1S/C22H22N4O6S/c23-12-16(11-21(24)27)25-22(28)18-2-1-9-26(18)33(29,30)17-6-3-14(4-7-17)15-5-8-19-20(10-15)32-13-31-19/h3-8,10,16,18H,1-2,9,11,13H2,(H2,24,27)(H,25,28)/t16-,18-/m0/s1. The third-order valence-electron chi connectivity index (χ3n) is 5.55. The van der Waals surface area contributed by atoms with Crippen molar-refractivity contribution < 1.29 is 27.5 Å². The van der Waals surface area contributed by atoms with E-state index in [1.807, 2.05) is 12.1 Å². The third-order valence-corrected chi connectivity index (χ3v) is 7.47. The van der Waals surface area contributed by atoms with Crippen LogP contribution in [0.25, 0.3) is 11.1 Å². The maximum absolute atomic E-state index is 13.3. The predicted molar refractivity (Wildman–Crippen MR) is 116 cm³/mol. The lowest BCUT2D eigenvalue weighted by Gasteiger charge is -2.24. The van der Waals surface area contributed by atoms with Crippen molar-refractivity contribution in [3.05, 3.63) is 42.5 Å². The number of benzene rings is 2. The van der Waals surface area contributed by atoms with E-state index < -0.39 is 33.9 Å². The van der Waals surface area contributed by atoms with Gasteiger partial charge in [0.15, 0.2) is 11.5 Å². The number of hydrogen-bond acceptors (Lipinski definition) is 7. The minimum absolute atomic E-state index is 0.0562. The van der Waals surface area contributed by atoms with Crippen LogP contribution in [0.4, 0.5) is 0 Å². The third kappa shape index (κ3) is 4.62. The Hall–Kier alpha value is -3.62. The number of nitriles is 1. The topological polar surface area (TPSA) is 152 Å². The molecule has 0 aliphatic carbocycles. The first kappa shape index (κ1) is 22.6. The summed E-state index contributed by atoms with van der Waals surface area (Å²) in [5, 5.41) is 11.5. The Bertz CT molecular complexity index is 1220. The molecule has 2 heterocycles. The van der Waals surface area contributed by atoms with E-state index in [1.165, 1.54) is 12.1 Å². The molecule has 10 nitrogen and oxygen atoms in total. The fraction of sp³-hybridized carbons (Fsp3) is 0.318. The molecular formula is C22H22N4O6S. The van der Waals surface area contributed by atoms with E-state index in [2.05, 4.69) is 5.32 Å². The number of carbonyl (C=O) groups excluding carboxylic acids is 2. The number of fused-ring (bicyclic) bond motifs is 1. The molecule has 0 saturated carbocycles. The van der Waals surface area contributed by atoms with Gasteiger partial charge in [0.1, 0.15) is 12.1 Å². The number of hydrogen-bond donors (Lipinski definition) is 2. The number of amides is 2. The molecule has 2 aliphatic rings. The SMILES string of the molecule is N#C[C@H](CC(N)=O)NC(=O)[C@@H]1CCCN1S(=O)(=O)c1ccc(-c2ccc3c(c2)OCO3)cc1. The van der Waals surface area contributed by atoms with Gasteiger partial charge in [-0.05, 0) is 48.2 Å².